The smallest absolute Gasteiger partial charge is 0.220 e. The Labute approximate surface area is 87.5 Å². The molecular formula is C12H23NO. The second-order valence-corrected chi connectivity index (χ2v) is 5.00. The summed E-state index contributed by atoms with van der Waals surface area (Å²) in [6, 6.07) is 0.407. The topological polar surface area (TPSA) is 29.1 Å². The van der Waals surface area contributed by atoms with Crippen LogP contribution in [0.4, 0.5) is 0 Å². The van der Waals surface area contributed by atoms with Crippen LogP contribution in [0.3, 0.4) is 0 Å². The Kier molecular flexibility index (Phi) is 3.57. The molecule has 1 rings (SSSR count). The number of hydrogen-bond donors (Lipinski definition) is 1. The van der Waals surface area contributed by atoms with Crippen LogP contribution in [0, 0.1) is 11.3 Å². The third-order valence-corrected chi connectivity index (χ3v) is 3.70. The summed E-state index contributed by atoms with van der Waals surface area (Å²) in [5.41, 5.74) is 0.237. The van der Waals surface area contributed by atoms with E-state index in [1.54, 1.807) is 0 Å². The van der Waals surface area contributed by atoms with Crippen molar-refractivity contribution in [3.8, 4) is 0 Å². The zero-order valence-electron chi connectivity index (χ0n) is 9.89. The lowest BCUT2D eigenvalue weighted by Gasteiger charge is -2.33. The molecule has 1 aliphatic heterocycles. The average molecular weight is 197 g/mol. The monoisotopic (exact) mass is 197 g/mol. The normalized spacial score (nSPS) is 25.5. The summed E-state index contributed by atoms with van der Waals surface area (Å²) < 4.78 is 0. The molecule has 82 valence electrons. The van der Waals surface area contributed by atoms with Crippen LogP contribution >= 0.6 is 0 Å². The van der Waals surface area contributed by atoms with Crippen LogP contribution in [0.15, 0.2) is 0 Å². The highest BCUT2D eigenvalue weighted by Gasteiger charge is 2.43. The van der Waals surface area contributed by atoms with Crippen LogP contribution in [-0.4, -0.2) is 11.9 Å². The van der Waals surface area contributed by atoms with Crippen LogP contribution in [0.1, 0.15) is 53.4 Å². The van der Waals surface area contributed by atoms with Gasteiger partial charge in [-0.05, 0) is 30.6 Å². The molecule has 2 heteroatoms. The van der Waals surface area contributed by atoms with Crippen molar-refractivity contribution >= 4 is 5.91 Å². The molecule has 14 heavy (non-hydrogen) atoms. The number of hydrogen-bond acceptors (Lipinski definition) is 1. The quantitative estimate of drug-likeness (QED) is 0.737. The fraction of sp³-hybridized carbons (Fsp3) is 0.917. The molecule has 2 nitrogen and oxygen atoms in total. The predicted molar refractivity (Wildman–Crippen MR) is 59.0 cm³/mol. The van der Waals surface area contributed by atoms with E-state index in [4.69, 9.17) is 0 Å². The lowest BCUT2D eigenvalue weighted by Crippen LogP contribution is -2.37. The first-order valence-electron chi connectivity index (χ1n) is 5.83. The first-order chi connectivity index (χ1) is 6.54. The zero-order valence-corrected chi connectivity index (χ0v) is 9.89. The number of nitrogens with one attached hydrogen (secondary N) is 1. The van der Waals surface area contributed by atoms with Crippen molar-refractivity contribution in [3.05, 3.63) is 0 Å². The van der Waals surface area contributed by atoms with Gasteiger partial charge in [0.15, 0.2) is 0 Å². The second kappa shape index (κ2) is 4.33. The van der Waals surface area contributed by atoms with Crippen LogP contribution < -0.4 is 5.32 Å². The van der Waals surface area contributed by atoms with E-state index in [1.165, 1.54) is 0 Å². The summed E-state index contributed by atoms with van der Waals surface area (Å²) in [7, 11) is 0. The van der Waals surface area contributed by atoms with Crippen molar-refractivity contribution < 1.29 is 4.79 Å². The Morgan fingerprint density at radius 3 is 2.43 bits per heavy atom. The summed E-state index contributed by atoms with van der Waals surface area (Å²) in [6.07, 6.45) is 4.07. The molecule has 0 bridgehead atoms. The maximum atomic E-state index is 11.5. The molecule has 0 saturated carbocycles. The number of carbonyl (C=O) groups excluding carboxylic acids is 1. The zero-order chi connectivity index (χ0) is 10.8. The molecule has 0 aromatic carbocycles. The third kappa shape index (κ3) is 2.10. The van der Waals surface area contributed by atoms with E-state index in [1.807, 2.05) is 0 Å². The van der Waals surface area contributed by atoms with Crippen LogP contribution in [0.5, 0.6) is 0 Å². The van der Waals surface area contributed by atoms with Gasteiger partial charge in [0.2, 0.25) is 5.91 Å². The largest absolute Gasteiger partial charge is 0.353 e. The highest BCUT2D eigenvalue weighted by Crippen LogP contribution is 2.41. The molecule has 0 aliphatic carbocycles. The van der Waals surface area contributed by atoms with E-state index in [2.05, 4.69) is 33.0 Å². The summed E-state index contributed by atoms with van der Waals surface area (Å²) >= 11 is 0. The lowest BCUT2D eigenvalue weighted by molar-refractivity contribution is -0.119. The van der Waals surface area contributed by atoms with Crippen LogP contribution in [0.25, 0.3) is 0 Å². The van der Waals surface area contributed by atoms with Gasteiger partial charge in [-0.3, -0.25) is 4.79 Å². The van der Waals surface area contributed by atoms with Gasteiger partial charge in [-0.25, -0.2) is 0 Å². The molecule has 1 fully saturated rings. The van der Waals surface area contributed by atoms with Gasteiger partial charge >= 0.3 is 0 Å². The van der Waals surface area contributed by atoms with Gasteiger partial charge in [0.1, 0.15) is 0 Å². The molecule has 1 saturated heterocycles. The Balaban J connectivity index is 2.75. The molecule has 1 aliphatic rings. The van der Waals surface area contributed by atoms with Gasteiger partial charge < -0.3 is 5.32 Å². The van der Waals surface area contributed by atoms with E-state index in [0.29, 0.717) is 12.0 Å². The van der Waals surface area contributed by atoms with Gasteiger partial charge in [0, 0.05) is 12.5 Å². The molecule has 1 atom stereocenters. The fourth-order valence-electron chi connectivity index (χ4n) is 2.61. The Hall–Kier alpha value is -0.530. The van der Waals surface area contributed by atoms with Crippen LogP contribution in [-0.2, 0) is 4.79 Å². The van der Waals surface area contributed by atoms with Crippen molar-refractivity contribution in [2.24, 2.45) is 11.3 Å². The fourth-order valence-corrected chi connectivity index (χ4v) is 2.61. The standard InChI is InChI=1S/C12H23NO/c1-5-12(6-2)8-11(14)13-10(12)7-9(3)4/h9-10H,5-8H2,1-4H3,(H,13,14). The maximum Gasteiger partial charge on any atom is 0.220 e. The highest BCUT2D eigenvalue weighted by atomic mass is 16.2. The van der Waals surface area contributed by atoms with Gasteiger partial charge in [-0.1, -0.05) is 27.7 Å². The predicted octanol–water partition coefficient (Wildman–Crippen LogP) is 2.73. The number of amides is 1. The molecule has 1 N–H and O–H groups in total. The molecule has 1 amide bonds. The number of rotatable bonds is 4. The minimum atomic E-state index is 0.237. The molecule has 1 unspecified atom stereocenters. The summed E-state index contributed by atoms with van der Waals surface area (Å²) in [5.74, 6) is 0.912. The minimum absolute atomic E-state index is 0.237. The van der Waals surface area contributed by atoms with E-state index in [0.717, 1.165) is 25.7 Å². The van der Waals surface area contributed by atoms with Crippen molar-refractivity contribution in [2.45, 2.75) is 59.4 Å². The van der Waals surface area contributed by atoms with Gasteiger partial charge in [-0.2, -0.15) is 0 Å². The molecule has 0 radical (unpaired) electrons. The first-order valence-corrected chi connectivity index (χ1v) is 5.83. The summed E-state index contributed by atoms with van der Waals surface area (Å²) in [5, 5.41) is 3.14. The molecule has 1 heterocycles. The lowest BCUT2D eigenvalue weighted by atomic mass is 9.73. The highest BCUT2D eigenvalue weighted by molar-refractivity contribution is 5.79. The summed E-state index contributed by atoms with van der Waals surface area (Å²) in [6.45, 7) is 8.86. The van der Waals surface area contributed by atoms with Crippen molar-refractivity contribution in [1.82, 2.24) is 5.32 Å². The van der Waals surface area contributed by atoms with Gasteiger partial charge in [-0.15, -0.1) is 0 Å². The molecule has 0 spiro atoms. The van der Waals surface area contributed by atoms with E-state index in [9.17, 15) is 4.79 Å². The van der Waals surface area contributed by atoms with E-state index < -0.39 is 0 Å². The molecular weight excluding hydrogens is 174 g/mol. The van der Waals surface area contributed by atoms with Gasteiger partial charge in [0.25, 0.3) is 0 Å². The van der Waals surface area contributed by atoms with Crippen LogP contribution in [0.2, 0.25) is 0 Å². The van der Waals surface area contributed by atoms with E-state index in [-0.39, 0.29) is 11.3 Å². The Morgan fingerprint density at radius 2 is 2.00 bits per heavy atom. The number of carbonyl (C=O) groups is 1. The first kappa shape index (κ1) is 11.5. The summed E-state index contributed by atoms with van der Waals surface area (Å²) in [4.78, 5) is 11.5. The Bertz CT molecular complexity index is 206. The molecule has 0 aromatic heterocycles. The van der Waals surface area contributed by atoms with E-state index >= 15 is 0 Å². The van der Waals surface area contributed by atoms with Crippen molar-refractivity contribution in [2.75, 3.05) is 0 Å². The molecule has 0 aromatic rings. The second-order valence-electron chi connectivity index (χ2n) is 5.00. The maximum absolute atomic E-state index is 11.5. The average Bonchev–Trinajstić information content (AvgIpc) is 2.42. The SMILES string of the molecule is CCC1(CC)CC(=O)NC1CC(C)C. The Morgan fingerprint density at radius 1 is 1.43 bits per heavy atom. The third-order valence-electron chi connectivity index (χ3n) is 3.70. The minimum Gasteiger partial charge on any atom is -0.353 e. The van der Waals surface area contributed by atoms with Crippen molar-refractivity contribution in [1.29, 1.82) is 0 Å². The van der Waals surface area contributed by atoms with Crippen molar-refractivity contribution in [3.63, 3.8) is 0 Å². The van der Waals surface area contributed by atoms with Gasteiger partial charge in [0.05, 0.1) is 0 Å².